The van der Waals surface area contributed by atoms with Crippen LogP contribution in [-0.2, 0) is 9.47 Å². The molecule has 51 heavy (non-hydrogen) atoms. The minimum absolute atomic E-state index is 0.0591. The molecule has 0 radical (unpaired) electrons. The number of rotatable bonds is 31. The van der Waals surface area contributed by atoms with Gasteiger partial charge in [-0.15, -0.1) is 0 Å². The van der Waals surface area contributed by atoms with Crippen molar-refractivity contribution in [1.29, 1.82) is 0 Å². The maximum atomic E-state index is 11.4. The minimum atomic E-state index is -1.54. The van der Waals surface area contributed by atoms with Gasteiger partial charge in [0.1, 0.15) is 24.4 Å². The van der Waals surface area contributed by atoms with Crippen molar-refractivity contribution < 1.29 is 40.1 Å². The van der Waals surface area contributed by atoms with Gasteiger partial charge in [-0.1, -0.05) is 149 Å². The Labute approximate surface area is 310 Å². The van der Waals surface area contributed by atoms with Crippen molar-refractivity contribution in [2.24, 2.45) is 17.8 Å². The van der Waals surface area contributed by atoms with Crippen LogP contribution in [0.2, 0.25) is 0 Å². The summed E-state index contributed by atoms with van der Waals surface area (Å²) >= 11 is 0. The van der Waals surface area contributed by atoms with Crippen LogP contribution in [0.25, 0.3) is 0 Å². The zero-order valence-corrected chi connectivity index (χ0v) is 32.5. The van der Waals surface area contributed by atoms with Gasteiger partial charge in [0.15, 0.2) is 6.29 Å². The molecule has 10 heteroatoms. The van der Waals surface area contributed by atoms with E-state index >= 15 is 0 Å². The summed E-state index contributed by atoms with van der Waals surface area (Å²) in [7, 11) is 0. The normalized spacial score (nSPS) is 31.2. The molecule has 0 bridgehead atoms. The van der Waals surface area contributed by atoms with Crippen molar-refractivity contribution in [3.8, 4) is 0 Å². The lowest BCUT2D eigenvalue weighted by molar-refractivity contribution is -0.305. The second-order valence-electron chi connectivity index (χ2n) is 16.6. The van der Waals surface area contributed by atoms with E-state index in [1.54, 1.807) is 0 Å². The second-order valence-corrected chi connectivity index (χ2v) is 16.6. The van der Waals surface area contributed by atoms with Crippen LogP contribution in [0.3, 0.4) is 0 Å². The van der Waals surface area contributed by atoms with Crippen molar-refractivity contribution in [2.75, 3.05) is 19.8 Å². The summed E-state index contributed by atoms with van der Waals surface area (Å²) in [6.07, 6.45) is 20.4. The molecule has 302 valence electrons. The van der Waals surface area contributed by atoms with Gasteiger partial charge in [0.2, 0.25) is 0 Å². The van der Waals surface area contributed by atoms with Crippen LogP contribution in [0.5, 0.6) is 0 Å². The summed E-state index contributed by atoms with van der Waals surface area (Å²) in [4.78, 5) is 0. The molecular weight excluding hydrogens is 648 g/mol. The summed E-state index contributed by atoms with van der Waals surface area (Å²) in [6, 6.07) is 0.246. The van der Waals surface area contributed by atoms with Gasteiger partial charge in [-0.05, 0) is 31.1 Å². The minimum Gasteiger partial charge on any atom is -0.394 e. The van der Waals surface area contributed by atoms with Crippen LogP contribution in [0, 0.1) is 17.8 Å². The molecule has 12 atom stereocenters. The first kappa shape index (κ1) is 45.0. The lowest BCUT2D eigenvalue weighted by Crippen LogP contribution is -2.60. The number of aliphatic hydroxyl groups is 6. The Morgan fingerprint density at radius 2 is 1.24 bits per heavy atom. The number of unbranched alkanes of at least 4 members (excludes halogenated alkanes) is 18. The van der Waals surface area contributed by atoms with Gasteiger partial charge < -0.3 is 40.1 Å². The van der Waals surface area contributed by atoms with Crippen LogP contribution in [0.1, 0.15) is 168 Å². The third-order valence-electron chi connectivity index (χ3n) is 12.1. The monoisotopic (exact) mass is 729 g/mol. The molecule has 3 fully saturated rings. The molecule has 2 aliphatic heterocycles. The van der Waals surface area contributed by atoms with E-state index in [9.17, 15) is 30.6 Å². The maximum Gasteiger partial charge on any atom is 0.186 e. The van der Waals surface area contributed by atoms with E-state index in [0.717, 1.165) is 50.5 Å². The van der Waals surface area contributed by atoms with E-state index in [1.165, 1.54) is 116 Å². The van der Waals surface area contributed by atoms with Gasteiger partial charge in [-0.25, -0.2) is 0 Å². The molecule has 0 spiro atoms. The largest absolute Gasteiger partial charge is 0.394 e. The third-order valence-corrected chi connectivity index (χ3v) is 12.1. The van der Waals surface area contributed by atoms with Crippen LogP contribution >= 0.6 is 0 Å². The van der Waals surface area contributed by atoms with Crippen LogP contribution < -0.4 is 10.6 Å². The maximum absolute atomic E-state index is 11.4. The molecule has 0 aromatic rings. The van der Waals surface area contributed by atoms with Gasteiger partial charge in [0, 0.05) is 18.5 Å². The first-order valence-electron chi connectivity index (χ1n) is 21.5. The van der Waals surface area contributed by atoms with E-state index < -0.39 is 55.4 Å². The predicted molar refractivity (Wildman–Crippen MR) is 203 cm³/mol. The molecule has 0 aromatic heterocycles. The molecule has 10 nitrogen and oxygen atoms in total. The zero-order chi connectivity index (χ0) is 36.8. The van der Waals surface area contributed by atoms with Crippen LogP contribution in [-0.4, -0.2) is 106 Å². The summed E-state index contributed by atoms with van der Waals surface area (Å²) < 4.78 is 11.5. The molecule has 3 rings (SSSR count). The topological polar surface area (TPSA) is 164 Å². The Morgan fingerprint density at radius 3 is 1.78 bits per heavy atom. The predicted octanol–water partition coefficient (Wildman–Crippen LogP) is 5.68. The molecule has 0 amide bonds. The third kappa shape index (κ3) is 17.3. The first-order chi connectivity index (χ1) is 24.8. The van der Waals surface area contributed by atoms with Gasteiger partial charge in [0.25, 0.3) is 0 Å². The highest BCUT2D eigenvalue weighted by Gasteiger charge is 2.45. The second kappa shape index (κ2) is 26.4. The molecule has 2 heterocycles. The van der Waals surface area contributed by atoms with E-state index in [1.807, 2.05) is 0 Å². The first-order valence-corrected chi connectivity index (χ1v) is 21.5. The fourth-order valence-electron chi connectivity index (χ4n) is 8.21. The lowest BCUT2D eigenvalue weighted by atomic mass is 9.92. The van der Waals surface area contributed by atoms with Crippen molar-refractivity contribution in [1.82, 2.24) is 10.6 Å². The van der Waals surface area contributed by atoms with Crippen molar-refractivity contribution >= 4 is 0 Å². The van der Waals surface area contributed by atoms with E-state index in [2.05, 4.69) is 24.5 Å². The average molecular weight is 729 g/mol. The summed E-state index contributed by atoms with van der Waals surface area (Å²) in [5.41, 5.74) is 0. The van der Waals surface area contributed by atoms with Crippen molar-refractivity contribution in [3.63, 3.8) is 0 Å². The fraction of sp³-hybridized carbons (Fsp3) is 1.00. The Bertz CT molecular complexity index is 854. The molecule has 2 saturated heterocycles. The van der Waals surface area contributed by atoms with Crippen molar-refractivity contribution in [2.45, 2.75) is 223 Å². The molecule has 0 aromatic carbocycles. The van der Waals surface area contributed by atoms with E-state index in [0.29, 0.717) is 6.42 Å². The smallest absolute Gasteiger partial charge is 0.186 e. The average Bonchev–Trinajstić information content (AvgIpc) is 3.63. The molecule has 8 N–H and O–H groups in total. The van der Waals surface area contributed by atoms with Gasteiger partial charge >= 0.3 is 0 Å². The Kier molecular flexibility index (Phi) is 23.3. The van der Waals surface area contributed by atoms with Crippen LogP contribution in [0.15, 0.2) is 0 Å². The Hall–Kier alpha value is -0.400. The van der Waals surface area contributed by atoms with Gasteiger partial charge in [-0.3, -0.25) is 10.6 Å². The molecule has 3 aliphatic rings. The Balaban J connectivity index is 1.37. The van der Waals surface area contributed by atoms with E-state index in [4.69, 9.17) is 9.47 Å². The van der Waals surface area contributed by atoms with Gasteiger partial charge in [-0.2, -0.15) is 0 Å². The highest BCUT2D eigenvalue weighted by Crippen LogP contribution is 2.41. The van der Waals surface area contributed by atoms with Gasteiger partial charge in [0.05, 0.1) is 31.6 Å². The highest BCUT2D eigenvalue weighted by atomic mass is 16.7. The summed E-state index contributed by atoms with van der Waals surface area (Å²) in [5, 5.41) is 70.2. The molecule has 1 saturated carbocycles. The zero-order valence-electron chi connectivity index (χ0n) is 32.5. The lowest BCUT2D eigenvalue weighted by Gasteiger charge is -2.40. The molecule has 1 aliphatic carbocycles. The number of ether oxygens (including phenoxy) is 2. The molecular formula is C41H80N2O8. The number of hydrogen-bond donors (Lipinski definition) is 8. The summed E-state index contributed by atoms with van der Waals surface area (Å²) in [5.74, 6) is 1.44. The van der Waals surface area contributed by atoms with E-state index in [-0.39, 0.29) is 18.8 Å². The van der Waals surface area contributed by atoms with Crippen LogP contribution in [0.4, 0.5) is 0 Å². The SMILES string of the molecule is CCCCCCCCCCCCCC[C@@H](O)[C@@H](O)[C@H](COC1OC(CO)C(O)C(O)C1O)C1NCC(CCCCCCCCCCC2CC2C)N1. The number of aliphatic hydroxyl groups excluding tert-OH is 6. The number of nitrogens with one attached hydrogen (secondary N) is 2. The molecule has 9 unspecified atom stereocenters. The van der Waals surface area contributed by atoms with Crippen molar-refractivity contribution in [3.05, 3.63) is 0 Å². The Morgan fingerprint density at radius 1 is 0.706 bits per heavy atom. The quantitative estimate of drug-likeness (QED) is 0.0417. The highest BCUT2D eigenvalue weighted by molar-refractivity contribution is 4.93. The number of hydrogen-bond acceptors (Lipinski definition) is 10. The standard InChI is InChI=1S/C41H80N2O8/c1-3-4-5-6-7-8-9-10-11-16-19-22-25-34(45)36(46)33(29-50-41-39(49)38(48)37(47)35(28-44)51-41)40-42-27-32(43-40)24-21-18-15-13-12-14-17-20-23-31-26-30(31)2/h30-49H,3-29H2,1-2H3/t30?,31?,32?,33-,34+,35?,36-,37?,38?,39?,40?,41?/m0/s1. The summed E-state index contributed by atoms with van der Waals surface area (Å²) in [6.45, 7) is 4.78. The fourth-order valence-corrected chi connectivity index (χ4v) is 8.21.